The van der Waals surface area contributed by atoms with E-state index in [1.807, 2.05) is 4.90 Å². The van der Waals surface area contributed by atoms with Crippen LogP contribution in [0.15, 0.2) is 40.9 Å². The minimum Gasteiger partial charge on any atom is -0.494 e. The van der Waals surface area contributed by atoms with Crippen LogP contribution in [0.5, 0.6) is 11.5 Å². The van der Waals surface area contributed by atoms with Gasteiger partial charge in [-0.05, 0) is 39.0 Å². The van der Waals surface area contributed by atoms with E-state index in [1.165, 1.54) is 31.5 Å². The van der Waals surface area contributed by atoms with E-state index in [2.05, 4.69) is 10.3 Å². The summed E-state index contributed by atoms with van der Waals surface area (Å²) in [6.07, 6.45) is 0.273. The fourth-order valence-electron chi connectivity index (χ4n) is 5.41. The number of furan rings is 1. The first-order valence-corrected chi connectivity index (χ1v) is 15.7. The molecule has 1 aliphatic heterocycles. The standard InChI is InChI=1S/C34H37F2N5O10/c1-34(2,3)51-33(43)40(11-12-46-4)30-20-16-26(38-21-8-7-19(15-22(21)41(44)45)39-9-13-49-14-10-39)37-18-25(20)50-32(30)31(42)27-28(35)23(47-5)17-24(48-6)29(27)36/h7-8,15-18H,9-14H2,1-6H3,(H,37,38). The molecule has 3 heterocycles. The van der Waals surface area contributed by atoms with E-state index in [0.29, 0.717) is 32.0 Å². The van der Waals surface area contributed by atoms with Gasteiger partial charge in [-0.2, -0.15) is 0 Å². The number of carbonyl (C=O) groups excluding carboxylic acids is 2. The molecule has 1 aliphatic rings. The number of morpholine rings is 1. The highest BCUT2D eigenvalue weighted by Crippen LogP contribution is 2.41. The molecule has 1 amide bonds. The Morgan fingerprint density at radius 2 is 1.73 bits per heavy atom. The van der Waals surface area contributed by atoms with Crippen LogP contribution in [-0.4, -0.2) is 88.2 Å². The number of benzene rings is 2. The van der Waals surface area contributed by atoms with Gasteiger partial charge in [0, 0.05) is 38.0 Å². The maximum Gasteiger partial charge on any atom is 0.415 e. The second-order valence-electron chi connectivity index (χ2n) is 12.3. The molecule has 15 nitrogen and oxygen atoms in total. The van der Waals surface area contributed by atoms with Crippen LogP contribution in [-0.2, 0) is 14.2 Å². The lowest BCUT2D eigenvalue weighted by Crippen LogP contribution is -2.39. The molecule has 1 fully saturated rings. The van der Waals surface area contributed by atoms with Crippen molar-refractivity contribution in [1.29, 1.82) is 0 Å². The van der Waals surface area contributed by atoms with Crippen LogP contribution in [0.2, 0.25) is 0 Å². The highest BCUT2D eigenvalue weighted by atomic mass is 19.1. The molecular formula is C34H37F2N5O10. The first-order valence-electron chi connectivity index (χ1n) is 15.7. The van der Waals surface area contributed by atoms with Crippen LogP contribution in [0.4, 0.5) is 42.1 Å². The Labute approximate surface area is 291 Å². The number of hydrogen-bond acceptors (Lipinski definition) is 13. The number of amides is 1. The largest absolute Gasteiger partial charge is 0.494 e. The molecule has 0 bridgehead atoms. The topological polar surface area (TPSA) is 168 Å². The number of nitrogens with one attached hydrogen (secondary N) is 1. The van der Waals surface area contributed by atoms with E-state index in [4.69, 9.17) is 28.1 Å². The molecular weight excluding hydrogens is 676 g/mol. The predicted octanol–water partition coefficient (Wildman–Crippen LogP) is 6.23. The second-order valence-corrected chi connectivity index (χ2v) is 12.3. The fraction of sp³-hybridized carbons (Fsp3) is 0.382. The highest BCUT2D eigenvalue weighted by Gasteiger charge is 2.36. The lowest BCUT2D eigenvalue weighted by atomic mass is 10.0. The summed E-state index contributed by atoms with van der Waals surface area (Å²) in [6.45, 7) is 6.79. The molecule has 4 aromatic rings. The zero-order valence-electron chi connectivity index (χ0n) is 28.8. The zero-order chi connectivity index (χ0) is 37.0. The van der Waals surface area contributed by atoms with Crippen LogP contribution < -0.4 is 24.6 Å². The summed E-state index contributed by atoms with van der Waals surface area (Å²) >= 11 is 0. The van der Waals surface area contributed by atoms with Crippen molar-refractivity contribution in [1.82, 2.24) is 4.98 Å². The summed E-state index contributed by atoms with van der Waals surface area (Å²) in [4.78, 5) is 46.8. The van der Waals surface area contributed by atoms with Crippen molar-refractivity contribution in [3.05, 3.63) is 69.6 Å². The molecule has 51 heavy (non-hydrogen) atoms. The smallest absolute Gasteiger partial charge is 0.415 e. The second kappa shape index (κ2) is 15.1. The molecule has 272 valence electrons. The summed E-state index contributed by atoms with van der Waals surface area (Å²) in [6, 6.07) is 7.02. The third-order valence-corrected chi connectivity index (χ3v) is 7.78. The van der Waals surface area contributed by atoms with Crippen LogP contribution >= 0.6 is 0 Å². The number of hydrogen-bond donors (Lipinski definition) is 1. The van der Waals surface area contributed by atoms with Crippen LogP contribution in [0.25, 0.3) is 11.0 Å². The quantitative estimate of drug-likeness (QED) is 0.0998. The highest BCUT2D eigenvalue weighted by molar-refractivity contribution is 6.18. The Hall–Kier alpha value is -5.55. The van der Waals surface area contributed by atoms with Crippen molar-refractivity contribution in [3.63, 3.8) is 0 Å². The fourth-order valence-corrected chi connectivity index (χ4v) is 5.41. The lowest BCUT2D eigenvalue weighted by molar-refractivity contribution is -0.383. The van der Waals surface area contributed by atoms with Gasteiger partial charge >= 0.3 is 6.09 Å². The van der Waals surface area contributed by atoms with Gasteiger partial charge < -0.3 is 38.3 Å². The molecule has 0 radical (unpaired) electrons. The number of methoxy groups -OCH3 is 3. The Kier molecular flexibility index (Phi) is 10.9. The number of pyridine rings is 1. The van der Waals surface area contributed by atoms with Gasteiger partial charge in [0.1, 0.15) is 28.4 Å². The van der Waals surface area contributed by atoms with Crippen molar-refractivity contribution < 1.29 is 51.4 Å². The number of nitro groups is 1. The van der Waals surface area contributed by atoms with Crippen molar-refractivity contribution in [2.45, 2.75) is 26.4 Å². The number of rotatable bonds is 12. The van der Waals surface area contributed by atoms with Crippen molar-refractivity contribution in [2.24, 2.45) is 0 Å². The molecule has 5 rings (SSSR count). The van der Waals surface area contributed by atoms with Crippen LogP contribution in [0, 0.1) is 21.7 Å². The first-order chi connectivity index (χ1) is 24.3. The number of ketones is 1. The number of fused-ring (bicyclic) bond motifs is 1. The van der Waals surface area contributed by atoms with Crippen LogP contribution in [0.1, 0.15) is 36.9 Å². The number of nitro benzene ring substituents is 1. The van der Waals surface area contributed by atoms with Gasteiger partial charge in [-0.25, -0.2) is 18.6 Å². The predicted molar refractivity (Wildman–Crippen MR) is 182 cm³/mol. The minimum atomic E-state index is -1.33. The van der Waals surface area contributed by atoms with Crippen molar-refractivity contribution in [3.8, 4) is 11.5 Å². The van der Waals surface area contributed by atoms with E-state index in [-0.39, 0.29) is 47.0 Å². The lowest BCUT2D eigenvalue weighted by Gasteiger charge is -2.28. The van der Waals surface area contributed by atoms with Gasteiger partial charge in [-0.1, -0.05) is 0 Å². The summed E-state index contributed by atoms with van der Waals surface area (Å²) in [7, 11) is 3.65. The summed E-state index contributed by atoms with van der Waals surface area (Å²) in [5.41, 5.74) is -1.84. The number of nitrogens with zero attached hydrogens (tertiary/aromatic N) is 4. The van der Waals surface area contributed by atoms with Gasteiger partial charge in [0.15, 0.2) is 34.5 Å². The maximum atomic E-state index is 15.6. The van der Waals surface area contributed by atoms with Gasteiger partial charge in [-0.15, -0.1) is 0 Å². The summed E-state index contributed by atoms with van der Waals surface area (Å²) in [5.74, 6) is -5.49. The molecule has 1 N–H and O–H groups in total. The van der Waals surface area contributed by atoms with E-state index >= 15 is 8.78 Å². The van der Waals surface area contributed by atoms with Gasteiger partial charge in [-0.3, -0.25) is 19.8 Å². The minimum absolute atomic E-state index is 0.0485. The van der Waals surface area contributed by atoms with Gasteiger partial charge in [0.05, 0.1) is 57.1 Å². The molecule has 0 saturated carbocycles. The van der Waals surface area contributed by atoms with Crippen LogP contribution in [0.3, 0.4) is 0 Å². The Balaban J connectivity index is 1.68. The average molecular weight is 714 g/mol. The molecule has 0 unspecified atom stereocenters. The van der Waals surface area contributed by atoms with Gasteiger partial charge in [0.2, 0.25) is 5.78 Å². The number of halogens is 2. The molecule has 17 heteroatoms. The number of carbonyl (C=O) groups is 2. The Morgan fingerprint density at radius 1 is 1.06 bits per heavy atom. The van der Waals surface area contributed by atoms with E-state index < -0.39 is 56.9 Å². The molecule has 0 atom stereocenters. The third kappa shape index (κ3) is 7.78. The van der Waals surface area contributed by atoms with E-state index in [0.717, 1.165) is 25.2 Å². The average Bonchev–Trinajstić information content (AvgIpc) is 3.47. The van der Waals surface area contributed by atoms with Crippen molar-refractivity contribution in [2.75, 3.05) is 75.9 Å². The van der Waals surface area contributed by atoms with E-state index in [9.17, 15) is 19.7 Å². The van der Waals surface area contributed by atoms with E-state index in [1.54, 1.807) is 26.8 Å². The van der Waals surface area contributed by atoms with Crippen molar-refractivity contribution >= 4 is 51.4 Å². The number of ether oxygens (including phenoxy) is 5. The molecule has 0 aliphatic carbocycles. The molecule has 1 saturated heterocycles. The van der Waals surface area contributed by atoms with Gasteiger partial charge in [0.25, 0.3) is 5.69 Å². The summed E-state index contributed by atoms with van der Waals surface area (Å²) < 4.78 is 63.4. The number of aromatic nitrogens is 1. The number of anilines is 4. The summed E-state index contributed by atoms with van der Waals surface area (Å²) in [5, 5.41) is 15.2. The molecule has 0 spiro atoms. The SMILES string of the molecule is COCCN(C(=O)OC(C)(C)C)c1c(C(=O)c2c(F)c(OC)cc(OC)c2F)oc2cnc(Nc3ccc(N4CCOCC4)cc3[N+](=O)[O-])cc12. The molecule has 2 aromatic carbocycles. The Morgan fingerprint density at radius 3 is 2.31 bits per heavy atom. The Bertz CT molecular complexity index is 1930. The maximum absolute atomic E-state index is 15.6. The first kappa shape index (κ1) is 36.7. The molecule has 2 aromatic heterocycles. The normalized spacial score (nSPS) is 13.2. The monoisotopic (exact) mass is 713 g/mol. The zero-order valence-corrected chi connectivity index (χ0v) is 28.8. The third-order valence-electron chi connectivity index (χ3n) is 7.78.